The van der Waals surface area contributed by atoms with Crippen LogP contribution in [0.3, 0.4) is 0 Å². The highest BCUT2D eigenvalue weighted by molar-refractivity contribution is 5.88. The molecule has 1 saturated carbocycles. The Kier molecular flexibility index (Phi) is 9.09. The predicted octanol–water partition coefficient (Wildman–Crippen LogP) is 5.29. The molecule has 0 spiro atoms. The molecule has 0 heterocycles. The van der Waals surface area contributed by atoms with Crippen LogP contribution in [0.25, 0.3) is 0 Å². The maximum Gasteiger partial charge on any atom is 0.261 e. The summed E-state index contributed by atoms with van der Waals surface area (Å²) in [7, 11) is 0. The minimum absolute atomic E-state index is 0.133. The van der Waals surface area contributed by atoms with Gasteiger partial charge in [0.15, 0.2) is 6.61 Å². The first-order chi connectivity index (χ1) is 17.6. The van der Waals surface area contributed by atoms with E-state index in [1.54, 1.807) is 4.90 Å². The monoisotopic (exact) mass is 488 g/mol. The molecule has 5 nitrogen and oxygen atoms in total. The lowest BCUT2D eigenvalue weighted by Crippen LogP contribution is -2.53. The molecule has 3 aromatic rings. The third-order valence-electron chi connectivity index (χ3n) is 6.59. The number of benzene rings is 3. The third-order valence-corrected chi connectivity index (χ3v) is 6.59. The van der Waals surface area contributed by atoms with Crippen LogP contribution in [0.5, 0.6) is 5.75 Å². The highest BCUT2D eigenvalue weighted by Crippen LogP contribution is 2.20. The summed E-state index contributed by atoms with van der Waals surface area (Å²) in [6, 6.07) is 24.4. The van der Waals surface area contributed by atoms with E-state index in [4.69, 9.17) is 4.74 Å². The number of amides is 2. The van der Waals surface area contributed by atoms with Crippen LogP contribution in [-0.4, -0.2) is 35.4 Å². The van der Waals surface area contributed by atoms with Crippen molar-refractivity contribution in [3.63, 3.8) is 0 Å². The van der Waals surface area contributed by atoms with Crippen LogP contribution < -0.4 is 10.1 Å². The Labute approximate surface area is 212 Å². The van der Waals surface area contributed by atoms with Crippen LogP contribution in [0.1, 0.15) is 43.2 Å². The van der Waals surface area contributed by atoms with Gasteiger partial charge < -0.3 is 15.0 Å². The summed E-state index contributed by atoms with van der Waals surface area (Å²) in [5.74, 6) is -0.419. The van der Waals surface area contributed by atoms with Gasteiger partial charge in [-0.05, 0) is 48.2 Å². The topological polar surface area (TPSA) is 58.6 Å². The molecule has 0 bridgehead atoms. The zero-order chi connectivity index (χ0) is 25.2. The zero-order valence-electron chi connectivity index (χ0n) is 20.4. The number of nitrogens with zero attached hydrogens (tertiary/aromatic N) is 1. The summed E-state index contributed by atoms with van der Waals surface area (Å²) < 4.78 is 19.0. The highest BCUT2D eigenvalue weighted by Gasteiger charge is 2.32. The van der Waals surface area contributed by atoms with Crippen molar-refractivity contribution in [1.29, 1.82) is 0 Å². The Morgan fingerprint density at radius 2 is 1.47 bits per heavy atom. The molecule has 1 aliphatic rings. The van der Waals surface area contributed by atoms with Gasteiger partial charge in [-0.15, -0.1) is 0 Å². The number of rotatable bonds is 10. The van der Waals surface area contributed by atoms with Crippen LogP contribution in [-0.2, 0) is 22.6 Å². The molecule has 0 radical (unpaired) electrons. The summed E-state index contributed by atoms with van der Waals surface area (Å²) in [5, 5.41) is 3.23. The summed E-state index contributed by atoms with van der Waals surface area (Å²) in [6.07, 6.45) is 5.72. The van der Waals surface area contributed by atoms with Crippen molar-refractivity contribution in [3.05, 3.63) is 102 Å². The fourth-order valence-corrected chi connectivity index (χ4v) is 4.64. The van der Waals surface area contributed by atoms with Crippen LogP contribution in [0.4, 0.5) is 4.39 Å². The van der Waals surface area contributed by atoms with Gasteiger partial charge in [0.05, 0.1) is 0 Å². The minimum Gasteiger partial charge on any atom is -0.484 e. The lowest BCUT2D eigenvalue weighted by atomic mass is 9.94. The van der Waals surface area contributed by atoms with Gasteiger partial charge in [0.25, 0.3) is 5.91 Å². The number of carbonyl (C=O) groups excluding carboxylic acids is 2. The van der Waals surface area contributed by atoms with Crippen molar-refractivity contribution < 1.29 is 18.7 Å². The molecular formula is C30H33FN2O3. The van der Waals surface area contributed by atoms with Crippen molar-refractivity contribution in [2.75, 3.05) is 6.61 Å². The Morgan fingerprint density at radius 3 is 2.11 bits per heavy atom. The van der Waals surface area contributed by atoms with Crippen LogP contribution in [0.2, 0.25) is 0 Å². The fraction of sp³-hybridized carbons (Fsp3) is 0.333. The lowest BCUT2D eigenvalue weighted by Gasteiger charge is -2.33. The first-order valence-corrected chi connectivity index (χ1v) is 12.6. The second kappa shape index (κ2) is 12.9. The average molecular weight is 489 g/mol. The van der Waals surface area contributed by atoms with E-state index in [1.807, 2.05) is 60.7 Å². The second-order valence-electron chi connectivity index (χ2n) is 9.30. The van der Waals surface area contributed by atoms with E-state index in [-0.39, 0.29) is 36.8 Å². The third kappa shape index (κ3) is 7.41. The van der Waals surface area contributed by atoms with E-state index in [1.165, 1.54) is 30.7 Å². The van der Waals surface area contributed by atoms with E-state index in [9.17, 15) is 14.0 Å². The maximum absolute atomic E-state index is 13.7. The molecule has 3 aromatic carbocycles. The van der Waals surface area contributed by atoms with Gasteiger partial charge in [0.2, 0.25) is 5.91 Å². The lowest BCUT2D eigenvalue weighted by molar-refractivity contribution is -0.143. The van der Waals surface area contributed by atoms with Gasteiger partial charge in [0.1, 0.15) is 17.6 Å². The first kappa shape index (κ1) is 25.4. The fourth-order valence-electron chi connectivity index (χ4n) is 4.64. The maximum atomic E-state index is 13.7. The van der Waals surface area contributed by atoms with Crippen molar-refractivity contribution in [2.45, 2.75) is 57.2 Å². The van der Waals surface area contributed by atoms with Crippen molar-refractivity contribution in [1.82, 2.24) is 10.2 Å². The highest BCUT2D eigenvalue weighted by atomic mass is 19.1. The number of hydrogen-bond acceptors (Lipinski definition) is 3. The van der Waals surface area contributed by atoms with Gasteiger partial charge >= 0.3 is 0 Å². The molecule has 36 heavy (non-hydrogen) atoms. The minimum atomic E-state index is -0.696. The van der Waals surface area contributed by atoms with E-state index >= 15 is 0 Å². The summed E-state index contributed by atoms with van der Waals surface area (Å²) in [5.41, 5.74) is 1.91. The molecule has 1 aliphatic carbocycles. The largest absolute Gasteiger partial charge is 0.484 e. The molecule has 0 unspecified atom stereocenters. The smallest absolute Gasteiger partial charge is 0.261 e. The van der Waals surface area contributed by atoms with Crippen LogP contribution >= 0.6 is 0 Å². The van der Waals surface area contributed by atoms with E-state index in [0.29, 0.717) is 12.2 Å². The Bertz CT molecular complexity index is 1100. The Morgan fingerprint density at radius 1 is 0.861 bits per heavy atom. The number of ether oxygens (including phenoxy) is 1. The molecule has 1 N–H and O–H groups in total. The molecule has 1 atom stereocenters. The number of nitrogens with one attached hydrogen (secondary N) is 1. The predicted molar refractivity (Wildman–Crippen MR) is 138 cm³/mol. The standard InChI is InChI=1S/C30H33FN2O3/c31-25-16-18-27(19-17-25)36-22-29(34)33(21-24-12-6-2-7-13-24)28(20-23-10-4-1-5-11-23)30(35)32-26-14-8-3-9-15-26/h1-2,4-7,10-13,16-19,26,28H,3,8-9,14-15,20-22H2,(H,32,35)/t28-/m1/s1. The molecule has 4 rings (SSSR count). The number of carbonyl (C=O) groups is 2. The van der Waals surface area contributed by atoms with E-state index < -0.39 is 6.04 Å². The van der Waals surface area contributed by atoms with E-state index in [0.717, 1.165) is 36.8 Å². The van der Waals surface area contributed by atoms with Gasteiger partial charge in [0, 0.05) is 19.0 Å². The molecule has 0 aliphatic heterocycles. The molecule has 6 heteroatoms. The molecule has 0 aromatic heterocycles. The SMILES string of the molecule is O=C(NC1CCCCC1)[C@@H](Cc1ccccc1)N(Cc1ccccc1)C(=O)COc1ccc(F)cc1. The summed E-state index contributed by atoms with van der Waals surface area (Å²) in [4.78, 5) is 28.9. The van der Waals surface area contributed by atoms with Crippen molar-refractivity contribution in [2.24, 2.45) is 0 Å². The van der Waals surface area contributed by atoms with Gasteiger partial charge in [-0.2, -0.15) is 0 Å². The quantitative estimate of drug-likeness (QED) is 0.422. The molecule has 2 amide bonds. The average Bonchev–Trinajstić information content (AvgIpc) is 2.92. The summed E-state index contributed by atoms with van der Waals surface area (Å²) in [6.45, 7) is 0.0303. The molecular weight excluding hydrogens is 455 g/mol. The van der Waals surface area contributed by atoms with Gasteiger partial charge in [-0.1, -0.05) is 79.9 Å². The molecule has 188 valence electrons. The second-order valence-corrected chi connectivity index (χ2v) is 9.30. The number of hydrogen-bond donors (Lipinski definition) is 1. The Hall–Kier alpha value is -3.67. The van der Waals surface area contributed by atoms with Gasteiger partial charge in [-0.3, -0.25) is 9.59 Å². The summed E-state index contributed by atoms with van der Waals surface area (Å²) >= 11 is 0. The van der Waals surface area contributed by atoms with Gasteiger partial charge in [-0.25, -0.2) is 4.39 Å². The first-order valence-electron chi connectivity index (χ1n) is 12.6. The molecule has 0 saturated heterocycles. The van der Waals surface area contributed by atoms with Crippen LogP contribution in [0, 0.1) is 5.82 Å². The van der Waals surface area contributed by atoms with E-state index in [2.05, 4.69) is 5.32 Å². The van der Waals surface area contributed by atoms with Crippen molar-refractivity contribution >= 4 is 11.8 Å². The zero-order valence-corrected chi connectivity index (χ0v) is 20.4. The van der Waals surface area contributed by atoms with Crippen molar-refractivity contribution in [3.8, 4) is 5.75 Å². The molecule has 1 fully saturated rings. The number of halogens is 1. The normalized spacial score (nSPS) is 14.6. The Balaban J connectivity index is 1.58. The van der Waals surface area contributed by atoms with Crippen LogP contribution in [0.15, 0.2) is 84.9 Å².